The van der Waals surface area contributed by atoms with Gasteiger partial charge in [0.1, 0.15) is 18.3 Å². The Balaban J connectivity index is 2.02. The Morgan fingerprint density at radius 1 is 1.39 bits per heavy atom. The summed E-state index contributed by atoms with van der Waals surface area (Å²) in [6, 6.07) is 1.09. The lowest BCUT2D eigenvalue weighted by atomic mass is 10.1. The van der Waals surface area contributed by atoms with E-state index in [0.717, 1.165) is 16.8 Å². The van der Waals surface area contributed by atoms with Gasteiger partial charge in [-0.3, -0.25) is 14.3 Å². The van der Waals surface area contributed by atoms with Crippen molar-refractivity contribution in [2.75, 3.05) is 13.2 Å². The van der Waals surface area contributed by atoms with Crippen molar-refractivity contribution in [2.45, 2.75) is 24.5 Å². The van der Waals surface area contributed by atoms with Gasteiger partial charge in [-0.05, 0) is 0 Å². The first-order chi connectivity index (χ1) is 10.9. The van der Waals surface area contributed by atoms with Gasteiger partial charge in [0.15, 0.2) is 6.23 Å². The molecule has 2 heterocycles. The van der Waals surface area contributed by atoms with Gasteiger partial charge in [-0.15, -0.1) is 6.58 Å². The maximum Gasteiger partial charge on any atom is 0.330 e. The molecule has 0 radical (unpaired) electrons. The molecule has 2 rings (SSSR count). The molecule has 5 atom stereocenters. The summed E-state index contributed by atoms with van der Waals surface area (Å²) in [6.45, 7) is 3.25. The van der Waals surface area contributed by atoms with Gasteiger partial charge >= 0.3 is 14.3 Å². The third-order valence-corrected chi connectivity index (χ3v) is 3.85. The van der Waals surface area contributed by atoms with E-state index >= 15 is 0 Å². The zero-order chi connectivity index (χ0) is 17.0. The van der Waals surface area contributed by atoms with Crippen LogP contribution in [0.4, 0.5) is 0 Å². The molecule has 11 heteroatoms. The number of aliphatic hydroxyl groups is 2. The zero-order valence-corrected chi connectivity index (χ0v) is 12.8. The average Bonchev–Trinajstić information content (AvgIpc) is 2.79. The minimum absolute atomic E-state index is 0.0916. The van der Waals surface area contributed by atoms with Gasteiger partial charge in [-0.2, -0.15) is 0 Å². The molecule has 128 valence electrons. The standard InChI is InChI=1S/C12H17N2O8P/c1-2-5-20-23(19)21-6-7-9(16)10(17)11(22-7)14-4-3-8(15)13-12(14)18/h2-4,7,9-11,16-17,19H,1,5-6H2,(H,13,15,18)/t7-,9-,10-,11-,23?/m1/s1. The quantitative estimate of drug-likeness (QED) is 0.348. The third kappa shape index (κ3) is 4.33. The molecule has 1 saturated heterocycles. The third-order valence-electron chi connectivity index (χ3n) is 3.11. The summed E-state index contributed by atoms with van der Waals surface area (Å²) in [7, 11) is -2.18. The topological polar surface area (TPSA) is 143 Å². The Kier molecular flexibility index (Phi) is 6.19. The van der Waals surface area contributed by atoms with Crippen LogP contribution in [0.2, 0.25) is 0 Å². The van der Waals surface area contributed by atoms with E-state index in [1.165, 1.54) is 6.08 Å². The van der Waals surface area contributed by atoms with Gasteiger partial charge in [0.05, 0.1) is 13.2 Å². The Labute approximate surface area is 131 Å². The molecule has 0 saturated carbocycles. The fourth-order valence-electron chi connectivity index (χ4n) is 2.02. The van der Waals surface area contributed by atoms with Gasteiger partial charge in [-0.1, -0.05) is 6.08 Å². The van der Waals surface area contributed by atoms with E-state index in [0.29, 0.717) is 0 Å². The highest BCUT2D eigenvalue weighted by atomic mass is 31.2. The minimum atomic E-state index is -2.18. The number of H-pyrrole nitrogens is 1. The first-order valence-electron chi connectivity index (χ1n) is 6.63. The van der Waals surface area contributed by atoms with E-state index < -0.39 is 44.4 Å². The Morgan fingerprint density at radius 3 is 2.78 bits per heavy atom. The highest BCUT2D eigenvalue weighted by Gasteiger charge is 2.44. The van der Waals surface area contributed by atoms with E-state index in [1.54, 1.807) is 0 Å². The second kappa shape index (κ2) is 7.93. The fourth-order valence-corrected chi connectivity index (χ4v) is 2.60. The van der Waals surface area contributed by atoms with Crippen LogP contribution in [0, 0.1) is 0 Å². The number of aliphatic hydroxyl groups excluding tert-OH is 2. The predicted octanol–water partition coefficient (Wildman–Crippen LogP) is -1.41. The van der Waals surface area contributed by atoms with Crippen LogP contribution < -0.4 is 11.2 Å². The lowest BCUT2D eigenvalue weighted by Gasteiger charge is -2.17. The molecular weight excluding hydrogens is 331 g/mol. The minimum Gasteiger partial charge on any atom is -0.387 e. The van der Waals surface area contributed by atoms with Crippen molar-refractivity contribution >= 4 is 8.60 Å². The van der Waals surface area contributed by atoms with E-state index in [-0.39, 0.29) is 13.2 Å². The number of rotatable bonds is 7. The van der Waals surface area contributed by atoms with Gasteiger partial charge in [0, 0.05) is 12.3 Å². The van der Waals surface area contributed by atoms with E-state index in [4.69, 9.17) is 13.8 Å². The first kappa shape index (κ1) is 18.0. The predicted molar refractivity (Wildman–Crippen MR) is 78.5 cm³/mol. The molecule has 4 N–H and O–H groups in total. The second-order valence-electron chi connectivity index (χ2n) is 4.68. The molecule has 0 spiro atoms. The molecule has 23 heavy (non-hydrogen) atoms. The molecule has 10 nitrogen and oxygen atoms in total. The molecule has 1 aromatic heterocycles. The Morgan fingerprint density at radius 2 is 2.13 bits per heavy atom. The molecule has 1 aliphatic rings. The van der Waals surface area contributed by atoms with Gasteiger partial charge in [0.25, 0.3) is 5.56 Å². The van der Waals surface area contributed by atoms with Crippen LogP contribution in [0.1, 0.15) is 6.23 Å². The van der Waals surface area contributed by atoms with Crippen LogP contribution in [0.15, 0.2) is 34.5 Å². The summed E-state index contributed by atoms with van der Waals surface area (Å²) < 4.78 is 16.2. The molecule has 0 aliphatic carbocycles. The van der Waals surface area contributed by atoms with E-state index in [9.17, 15) is 24.7 Å². The number of aromatic amines is 1. The van der Waals surface area contributed by atoms with Crippen molar-refractivity contribution in [3.63, 3.8) is 0 Å². The van der Waals surface area contributed by atoms with Crippen LogP contribution in [-0.2, 0) is 13.8 Å². The van der Waals surface area contributed by atoms with Gasteiger partial charge in [-0.25, -0.2) is 4.79 Å². The number of nitrogens with one attached hydrogen (secondary N) is 1. The molecule has 1 aliphatic heterocycles. The molecule has 1 unspecified atom stereocenters. The summed E-state index contributed by atoms with van der Waals surface area (Å²) >= 11 is 0. The fraction of sp³-hybridized carbons (Fsp3) is 0.500. The smallest absolute Gasteiger partial charge is 0.330 e. The molecule has 1 aromatic rings. The number of nitrogens with zero attached hydrogens (tertiary/aromatic N) is 1. The van der Waals surface area contributed by atoms with Crippen LogP contribution >= 0.6 is 8.60 Å². The van der Waals surface area contributed by atoms with Crippen molar-refractivity contribution in [3.8, 4) is 0 Å². The highest BCUT2D eigenvalue weighted by Crippen LogP contribution is 2.35. The Hall–Kier alpha value is -1.39. The van der Waals surface area contributed by atoms with E-state index in [1.807, 2.05) is 4.98 Å². The second-order valence-corrected chi connectivity index (χ2v) is 5.67. The largest absolute Gasteiger partial charge is 0.387 e. The van der Waals surface area contributed by atoms with Gasteiger partial charge in [0.2, 0.25) is 0 Å². The normalized spacial score (nSPS) is 28.7. The lowest BCUT2D eigenvalue weighted by molar-refractivity contribution is -0.0530. The number of ether oxygens (including phenoxy) is 1. The SMILES string of the molecule is C=CCOP(O)OC[C@H]1O[C@@H](n2ccc(=O)[nH]c2=O)[C@H](O)[C@@H]1O. The van der Waals surface area contributed by atoms with Crippen molar-refractivity contribution < 1.29 is 28.9 Å². The monoisotopic (exact) mass is 348 g/mol. The average molecular weight is 348 g/mol. The van der Waals surface area contributed by atoms with Crippen LogP contribution in [-0.4, -0.2) is 56.2 Å². The number of aromatic nitrogens is 2. The summed E-state index contributed by atoms with van der Waals surface area (Å²) in [6.07, 6.45) is -2.36. The maximum atomic E-state index is 11.7. The Bertz CT molecular complexity index is 646. The summed E-state index contributed by atoms with van der Waals surface area (Å²) in [5.41, 5.74) is -1.38. The maximum absolute atomic E-state index is 11.7. The first-order valence-corrected chi connectivity index (χ1v) is 7.76. The molecule has 0 amide bonds. The van der Waals surface area contributed by atoms with E-state index in [2.05, 4.69) is 6.58 Å². The molecular formula is C12H17N2O8P. The van der Waals surface area contributed by atoms with Crippen molar-refractivity contribution in [1.29, 1.82) is 0 Å². The highest BCUT2D eigenvalue weighted by molar-refractivity contribution is 7.40. The van der Waals surface area contributed by atoms with Crippen molar-refractivity contribution in [2.24, 2.45) is 0 Å². The summed E-state index contributed by atoms with van der Waals surface area (Å²) in [5, 5.41) is 19.9. The summed E-state index contributed by atoms with van der Waals surface area (Å²) in [5.74, 6) is 0. The number of hydrogen-bond donors (Lipinski definition) is 4. The van der Waals surface area contributed by atoms with Crippen LogP contribution in [0.3, 0.4) is 0 Å². The lowest BCUT2D eigenvalue weighted by Crippen LogP contribution is -2.37. The zero-order valence-electron chi connectivity index (χ0n) is 11.9. The van der Waals surface area contributed by atoms with Crippen LogP contribution in [0.25, 0.3) is 0 Å². The van der Waals surface area contributed by atoms with Crippen molar-refractivity contribution in [1.82, 2.24) is 9.55 Å². The molecule has 1 fully saturated rings. The molecule has 0 bridgehead atoms. The van der Waals surface area contributed by atoms with Crippen LogP contribution in [0.5, 0.6) is 0 Å². The van der Waals surface area contributed by atoms with Crippen molar-refractivity contribution in [3.05, 3.63) is 45.8 Å². The van der Waals surface area contributed by atoms with Gasteiger partial charge < -0.3 is 28.9 Å². The summed E-state index contributed by atoms with van der Waals surface area (Å²) in [4.78, 5) is 34.2. The number of hydrogen-bond acceptors (Lipinski definition) is 8. The molecule has 0 aromatic carbocycles.